The summed E-state index contributed by atoms with van der Waals surface area (Å²) in [7, 11) is 0. The molecular weight excluding hydrogens is 178 g/mol. The van der Waals surface area contributed by atoms with Crippen molar-refractivity contribution in [1.82, 2.24) is 4.98 Å². The number of hydrogen-bond donors (Lipinski definition) is 1. The Morgan fingerprint density at radius 3 is 2.93 bits per heavy atom. The van der Waals surface area contributed by atoms with E-state index in [0.717, 1.165) is 18.4 Å². The average Bonchev–Trinajstić information content (AvgIpc) is 3.00. The van der Waals surface area contributed by atoms with Crippen molar-refractivity contribution >= 4 is 5.78 Å². The first-order valence-electron chi connectivity index (χ1n) is 4.83. The predicted octanol–water partition coefficient (Wildman–Crippen LogP) is 1.34. The number of nitrogens with zero attached hydrogens (tertiary/aromatic N) is 1. The molecule has 0 amide bonds. The fourth-order valence-corrected chi connectivity index (χ4v) is 1.51. The monoisotopic (exact) mass is 191 g/mol. The van der Waals surface area contributed by atoms with Gasteiger partial charge in [-0.2, -0.15) is 0 Å². The van der Waals surface area contributed by atoms with Crippen LogP contribution >= 0.6 is 0 Å². The Morgan fingerprint density at radius 1 is 1.64 bits per heavy atom. The third kappa shape index (κ3) is 1.68. The number of aliphatic hydroxyl groups is 1. The summed E-state index contributed by atoms with van der Waals surface area (Å²) in [4.78, 5) is 15.7. The number of ketones is 1. The Morgan fingerprint density at radius 2 is 2.36 bits per heavy atom. The maximum atomic E-state index is 11.8. The molecule has 2 rings (SSSR count). The fraction of sp³-hybridized carbons (Fsp3) is 0.455. The van der Waals surface area contributed by atoms with E-state index >= 15 is 0 Å². The van der Waals surface area contributed by atoms with E-state index in [0.29, 0.717) is 5.56 Å². The van der Waals surface area contributed by atoms with Gasteiger partial charge in [-0.05, 0) is 37.3 Å². The molecule has 74 valence electrons. The van der Waals surface area contributed by atoms with Crippen molar-refractivity contribution in [1.29, 1.82) is 0 Å². The summed E-state index contributed by atoms with van der Waals surface area (Å²) in [6, 6.07) is 1.78. The van der Waals surface area contributed by atoms with Crippen LogP contribution < -0.4 is 0 Å². The summed E-state index contributed by atoms with van der Waals surface area (Å²) in [5.41, 5.74) is 1.43. The van der Waals surface area contributed by atoms with Crippen LogP contribution in [0.15, 0.2) is 18.5 Å². The number of aromatic nitrogens is 1. The molecule has 0 saturated heterocycles. The second kappa shape index (κ2) is 3.50. The van der Waals surface area contributed by atoms with Gasteiger partial charge in [0.1, 0.15) is 6.10 Å². The molecule has 0 spiro atoms. The maximum Gasteiger partial charge on any atom is 0.193 e. The quantitative estimate of drug-likeness (QED) is 0.733. The van der Waals surface area contributed by atoms with E-state index in [1.807, 2.05) is 6.92 Å². The molecule has 1 aliphatic rings. The molecule has 0 bridgehead atoms. The Balaban J connectivity index is 2.21. The summed E-state index contributed by atoms with van der Waals surface area (Å²) in [5.74, 6) is 0.000191. The summed E-state index contributed by atoms with van der Waals surface area (Å²) < 4.78 is 0. The van der Waals surface area contributed by atoms with Gasteiger partial charge in [-0.1, -0.05) is 0 Å². The number of Topliss-reactive ketones (excluding diaryl/α,β-unsaturated/α-hetero) is 1. The second-order valence-electron chi connectivity index (χ2n) is 3.84. The molecule has 1 aliphatic carbocycles. The van der Waals surface area contributed by atoms with E-state index in [2.05, 4.69) is 4.98 Å². The van der Waals surface area contributed by atoms with Crippen molar-refractivity contribution in [3.8, 4) is 0 Å². The van der Waals surface area contributed by atoms with Gasteiger partial charge < -0.3 is 5.11 Å². The standard InChI is InChI=1S/C11H13NO2/c1-7-4-5-12-6-9(7)11(14)10(13)8-2-3-8/h4-6,8,10,13H,2-3H2,1H3. The molecule has 1 N–H and O–H groups in total. The average molecular weight is 191 g/mol. The summed E-state index contributed by atoms with van der Waals surface area (Å²) in [5, 5.41) is 9.66. The van der Waals surface area contributed by atoms with Gasteiger partial charge in [0.15, 0.2) is 5.78 Å². The van der Waals surface area contributed by atoms with Crippen LogP contribution in [0.5, 0.6) is 0 Å². The molecule has 1 aromatic heterocycles. The highest BCUT2D eigenvalue weighted by Gasteiger charge is 2.35. The van der Waals surface area contributed by atoms with Crippen LogP contribution in [0.1, 0.15) is 28.8 Å². The normalized spacial score (nSPS) is 17.9. The lowest BCUT2D eigenvalue weighted by Gasteiger charge is -2.09. The molecule has 3 heteroatoms. The van der Waals surface area contributed by atoms with E-state index in [-0.39, 0.29) is 11.7 Å². The van der Waals surface area contributed by atoms with Crippen LogP contribution in [-0.4, -0.2) is 22.0 Å². The van der Waals surface area contributed by atoms with Crippen molar-refractivity contribution in [2.45, 2.75) is 25.9 Å². The van der Waals surface area contributed by atoms with Crippen LogP contribution in [0.2, 0.25) is 0 Å². The summed E-state index contributed by atoms with van der Waals surface area (Å²) >= 11 is 0. The minimum atomic E-state index is -0.821. The Hall–Kier alpha value is -1.22. The second-order valence-corrected chi connectivity index (χ2v) is 3.84. The fourth-order valence-electron chi connectivity index (χ4n) is 1.51. The highest BCUT2D eigenvalue weighted by Crippen LogP contribution is 2.34. The van der Waals surface area contributed by atoms with Crippen molar-refractivity contribution in [3.05, 3.63) is 29.6 Å². The van der Waals surface area contributed by atoms with E-state index in [4.69, 9.17) is 0 Å². The van der Waals surface area contributed by atoms with Crippen molar-refractivity contribution in [2.75, 3.05) is 0 Å². The van der Waals surface area contributed by atoms with Crippen LogP contribution in [0.4, 0.5) is 0 Å². The highest BCUT2D eigenvalue weighted by molar-refractivity contribution is 6.00. The van der Waals surface area contributed by atoms with Gasteiger partial charge in [0.2, 0.25) is 0 Å². The zero-order chi connectivity index (χ0) is 10.1. The lowest BCUT2D eigenvalue weighted by Crippen LogP contribution is -2.23. The SMILES string of the molecule is Cc1ccncc1C(=O)C(O)C1CC1. The third-order valence-electron chi connectivity index (χ3n) is 2.64. The Labute approximate surface area is 82.8 Å². The van der Waals surface area contributed by atoms with Gasteiger partial charge in [0.05, 0.1) is 0 Å². The summed E-state index contributed by atoms with van der Waals surface area (Å²) in [6.45, 7) is 1.86. The number of aryl methyl sites for hydroxylation is 1. The first-order valence-corrected chi connectivity index (χ1v) is 4.83. The molecule has 14 heavy (non-hydrogen) atoms. The zero-order valence-corrected chi connectivity index (χ0v) is 8.10. The highest BCUT2D eigenvalue weighted by atomic mass is 16.3. The summed E-state index contributed by atoms with van der Waals surface area (Å²) in [6.07, 6.45) is 4.29. The minimum absolute atomic E-state index is 0.182. The maximum absolute atomic E-state index is 11.8. The molecule has 1 fully saturated rings. The van der Waals surface area contributed by atoms with Gasteiger partial charge >= 0.3 is 0 Å². The number of rotatable bonds is 3. The van der Waals surface area contributed by atoms with Crippen LogP contribution in [-0.2, 0) is 0 Å². The third-order valence-corrected chi connectivity index (χ3v) is 2.64. The van der Waals surface area contributed by atoms with E-state index in [1.165, 1.54) is 6.20 Å². The number of aliphatic hydroxyl groups excluding tert-OH is 1. The van der Waals surface area contributed by atoms with Crippen molar-refractivity contribution in [3.63, 3.8) is 0 Å². The lowest BCUT2D eigenvalue weighted by atomic mass is 10.0. The smallest absolute Gasteiger partial charge is 0.193 e. The molecule has 1 heterocycles. The van der Waals surface area contributed by atoms with Gasteiger partial charge in [-0.25, -0.2) is 0 Å². The number of carbonyl (C=O) groups excluding carboxylic acids is 1. The first kappa shape index (κ1) is 9.34. The largest absolute Gasteiger partial charge is 0.385 e. The predicted molar refractivity (Wildman–Crippen MR) is 52.0 cm³/mol. The number of pyridine rings is 1. The van der Waals surface area contributed by atoms with Crippen LogP contribution in [0.3, 0.4) is 0 Å². The van der Waals surface area contributed by atoms with Crippen LogP contribution in [0, 0.1) is 12.8 Å². The van der Waals surface area contributed by atoms with E-state index in [1.54, 1.807) is 12.3 Å². The van der Waals surface area contributed by atoms with Gasteiger partial charge in [0.25, 0.3) is 0 Å². The molecular formula is C11H13NO2. The topological polar surface area (TPSA) is 50.2 Å². The molecule has 1 saturated carbocycles. The van der Waals surface area contributed by atoms with Crippen LogP contribution in [0.25, 0.3) is 0 Å². The van der Waals surface area contributed by atoms with Gasteiger partial charge in [0, 0.05) is 18.0 Å². The molecule has 0 aromatic carbocycles. The van der Waals surface area contributed by atoms with Gasteiger partial charge in [-0.3, -0.25) is 9.78 Å². The molecule has 3 nitrogen and oxygen atoms in total. The zero-order valence-electron chi connectivity index (χ0n) is 8.10. The van der Waals surface area contributed by atoms with E-state index in [9.17, 15) is 9.90 Å². The van der Waals surface area contributed by atoms with Gasteiger partial charge in [-0.15, -0.1) is 0 Å². The minimum Gasteiger partial charge on any atom is -0.385 e. The van der Waals surface area contributed by atoms with Crippen molar-refractivity contribution < 1.29 is 9.90 Å². The lowest BCUT2D eigenvalue weighted by molar-refractivity contribution is 0.0703. The Bertz CT molecular complexity index is 358. The molecule has 0 aliphatic heterocycles. The Kier molecular flexibility index (Phi) is 2.33. The molecule has 1 unspecified atom stereocenters. The molecule has 1 atom stereocenters. The number of hydrogen-bond acceptors (Lipinski definition) is 3. The molecule has 1 aromatic rings. The van der Waals surface area contributed by atoms with E-state index < -0.39 is 6.10 Å². The van der Waals surface area contributed by atoms with Crippen molar-refractivity contribution in [2.24, 2.45) is 5.92 Å². The molecule has 0 radical (unpaired) electrons. The number of carbonyl (C=O) groups is 1. The first-order chi connectivity index (χ1) is 6.70.